The van der Waals surface area contributed by atoms with Crippen molar-refractivity contribution in [2.24, 2.45) is 0 Å². The van der Waals surface area contributed by atoms with Gasteiger partial charge in [0.25, 0.3) is 11.8 Å². The first kappa shape index (κ1) is 19.7. The second-order valence-electron chi connectivity index (χ2n) is 7.59. The Balaban J connectivity index is 1.46. The van der Waals surface area contributed by atoms with Crippen LogP contribution in [0.4, 0.5) is 11.4 Å². The molecule has 1 saturated heterocycles. The lowest BCUT2D eigenvalue weighted by Crippen LogP contribution is -2.31. The van der Waals surface area contributed by atoms with Gasteiger partial charge in [0.05, 0.1) is 28.2 Å². The van der Waals surface area contributed by atoms with Crippen molar-refractivity contribution in [3.05, 3.63) is 89.2 Å². The summed E-state index contributed by atoms with van der Waals surface area (Å²) in [7, 11) is 0. The van der Waals surface area contributed by atoms with Crippen molar-refractivity contribution >= 4 is 40.5 Å². The molecule has 0 spiro atoms. The van der Waals surface area contributed by atoms with Crippen molar-refractivity contribution < 1.29 is 14.0 Å². The van der Waals surface area contributed by atoms with Gasteiger partial charge in [-0.3, -0.25) is 9.59 Å². The summed E-state index contributed by atoms with van der Waals surface area (Å²) < 4.78 is 5.41. The van der Waals surface area contributed by atoms with Crippen LogP contribution >= 0.6 is 11.8 Å². The summed E-state index contributed by atoms with van der Waals surface area (Å²) in [5, 5.41) is 0. The van der Waals surface area contributed by atoms with E-state index in [1.54, 1.807) is 6.26 Å². The summed E-state index contributed by atoms with van der Waals surface area (Å²) in [6.07, 6.45) is 4.01. The number of hydrogen-bond acceptors (Lipinski definition) is 5. The molecule has 3 heterocycles. The highest BCUT2D eigenvalue weighted by Crippen LogP contribution is 2.40. The molecule has 1 fully saturated rings. The molecule has 5 rings (SSSR count). The van der Waals surface area contributed by atoms with E-state index in [0.29, 0.717) is 21.9 Å². The maximum absolute atomic E-state index is 13.4. The Morgan fingerprint density at radius 2 is 1.52 bits per heavy atom. The molecule has 156 valence electrons. The first-order chi connectivity index (χ1) is 15.2. The standard InChI is InChI=1S/C25H22N2O3S/c28-24-22(18-7-2-1-3-8-18)23(31-17-21-9-6-16-30-21)25(29)27(24)20-12-10-19(11-13-20)26-14-4-5-15-26/h1-3,6-13,16H,4-5,14-15,17H2. The van der Waals surface area contributed by atoms with Crippen molar-refractivity contribution in [1.29, 1.82) is 0 Å². The Hall–Kier alpha value is -3.25. The Kier molecular flexibility index (Phi) is 5.38. The van der Waals surface area contributed by atoms with Crippen LogP contribution in [-0.4, -0.2) is 24.9 Å². The first-order valence-electron chi connectivity index (χ1n) is 10.4. The Labute approximate surface area is 185 Å². The number of carbonyl (C=O) groups excluding carboxylic acids is 2. The SMILES string of the molecule is O=C1C(SCc2ccco2)=C(c2ccccc2)C(=O)N1c1ccc(N2CCCC2)cc1. The molecule has 2 aromatic carbocycles. The van der Waals surface area contributed by atoms with Gasteiger partial charge in [-0.25, -0.2) is 4.90 Å². The molecule has 0 atom stereocenters. The number of benzene rings is 2. The van der Waals surface area contributed by atoms with Gasteiger partial charge in [0.15, 0.2) is 0 Å². The molecule has 31 heavy (non-hydrogen) atoms. The van der Waals surface area contributed by atoms with Crippen LogP contribution in [-0.2, 0) is 15.3 Å². The summed E-state index contributed by atoms with van der Waals surface area (Å²) in [6, 6.07) is 20.8. The van der Waals surface area contributed by atoms with Crippen LogP contribution in [0.5, 0.6) is 0 Å². The highest BCUT2D eigenvalue weighted by molar-refractivity contribution is 8.03. The fourth-order valence-electron chi connectivity index (χ4n) is 4.06. The lowest BCUT2D eigenvalue weighted by Gasteiger charge is -2.20. The van der Waals surface area contributed by atoms with E-state index in [1.165, 1.54) is 29.5 Å². The molecule has 3 aromatic rings. The number of anilines is 2. The van der Waals surface area contributed by atoms with Crippen LogP contribution in [0.3, 0.4) is 0 Å². The second-order valence-corrected chi connectivity index (χ2v) is 8.58. The largest absolute Gasteiger partial charge is 0.468 e. The maximum Gasteiger partial charge on any atom is 0.272 e. The van der Waals surface area contributed by atoms with E-state index >= 15 is 0 Å². The summed E-state index contributed by atoms with van der Waals surface area (Å²) >= 11 is 1.34. The van der Waals surface area contributed by atoms with Crippen molar-refractivity contribution in [3.8, 4) is 0 Å². The molecule has 0 unspecified atom stereocenters. The van der Waals surface area contributed by atoms with Gasteiger partial charge in [-0.1, -0.05) is 30.3 Å². The smallest absolute Gasteiger partial charge is 0.272 e. The fourth-order valence-corrected chi connectivity index (χ4v) is 5.08. The summed E-state index contributed by atoms with van der Waals surface area (Å²) in [5.74, 6) is 0.680. The van der Waals surface area contributed by atoms with Gasteiger partial charge in [-0.05, 0) is 54.8 Å². The minimum atomic E-state index is -0.285. The third kappa shape index (κ3) is 3.79. The number of rotatable bonds is 6. The van der Waals surface area contributed by atoms with E-state index in [0.717, 1.165) is 30.1 Å². The minimum absolute atomic E-state index is 0.283. The number of nitrogens with zero attached hydrogens (tertiary/aromatic N) is 2. The van der Waals surface area contributed by atoms with Crippen molar-refractivity contribution in [2.75, 3.05) is 22.9 Å². The van der Waals surface area contributed by atoms with Crippen LogP contribution in [0.2, 0.25) is 0 Å². The summed E-state index contributed by atoms with van der Waals surface area (Å²) in [4.78, 5) is 30.9. The van der Waals surface area contributed by atoms with Crippen LogP contribution in [0.25, 0.3) is 5.57 Å². The topological polar surface area (TPSA) is 53.8 Å². The molecule has 2 aliphatic heterocycles. The molecule has 2 aliphatic rings. The first-order valence-corrected chi connectivity index (χ1v) is 11.4. The lowest BCUT2D eigenvalue weighted by atomic mass is 10.1. The van der Waals surface area contributed by atoms with E-state index < -0.39 is 0 Å². The third-order valence-corrected chi connectivity index (χ3v) is 6.72. The molecule has 0 saturated carbocycles. The second kappa shape index (κ2) is 8.47. The number of carbonyl (C=O) groups is 2. The predicted molar refractivity (Wildman–Crippen MR) is 124 cm³/mol. The highest BCUT2D eigenvalue weighted by atomic mass is 32.2. The van der Waals surface area contributed by atoms with Gasteiger partial charge in [-0.2, -0.15) is 0 Å². The molecule has 5 nitrogen and oxygen atoms in total. The third-order valence-electron chi connectivity index (χ3n) is 5.62. The van der Waals surface area contributed by atoms with Gasteiger partial charge < -0.3 is 9.32 Å². The zero-order chi connectivity index (χ0) is 21.2. The Bertz CT molecular complexity index is 1120. The number of amides is 2. The molecule has 1 aromatic heterocycles. The van der Waals surface area contributed by atoms with Crippen molar-refractivity contribution in [1.82, 2.24) is 0 Å². The predicted octanol–water partition coefficient (Wildman–Crippen LogP) is 5.10. The normalized spacial score (nSPS) is 16.6. The van der Waals surface area contributed by atoms with Crippen molar-refractivity contribution in [3.63, 3.8) is 0 Å². The molecular weight excluding hydrogens is 408 g/mol. The fraction of sp³-hybridized carbons (Fsp3) is 0.200. The van der Waals surface area contributed by atoms with Crippen LogP contribution in [0.15, 0.2) is 82.3 Å². The molecule has 0 N–H and O–H groups in total. The van der Waals surface area contributed by atoms with E-state index in [4.69, 9.17) is 4.42 Å². The van der Waals surface area contributed by atoms with Crippen LogP contribution in [0, 0.1) is 0 Å². The zero-order valence-electron chi connectivity index (χ0n) is 17.0. The average Bonchev–Trinajstić information content (AvgIpc) is 3.55. The zero-order valence-corrected chi connectivity index (χ0v) is 17.8. The van der Waals surface area contributed by atoms with E-state index in [-0.39, 0.29) is 11.8 Å². The van der Waals surface area contributed by atoms with Gasteiger partial charge in [0, 0.05) is 18.8 Å². The maximum atomic E-state index is 13.4. The molecular formula is C25H22N2O3S. The average molecular weight is 431 g/mol. The number of furan rings is 1. The molecule has 6 heteroatoms. The van der Waals surface area contributed by atoms with Crippen LogP contribution < -0.4 is 9.80 Å². The Morgan fingerprint density at radius 1 is 0.806 bits per heavy atom. The van der Waals surface area contributed by atoms with E-state index in [2.05, 4.69) is 4.90 Å². The number of hydrogen-bond donors (Lipinski definition) is 0. The van der Waals surface area contributed by atoms with Gasteiger partial charge in [0.1, 0.15) is 5.76 Å². The van der Waals surface area contributed by atoms with E-state index in [1.807, 2.05) is 66.7 Å². The van der Waals surface area contributed by atoms with Crippen LogP contribution in [0.1, 0.15) is 24.2 Å². The molecule has 0 aliphatic carbocycles. The van der Waals surface area contributed by atoms with Crippen molar-refractivity contribution in [2.45, 2.75) is 18.6 Å². The quantitative estimate of drug-likeness (QED) is 0.510. The monoisotopic (exact) mass is 430 g/mol. The number of thioether (sulfide) groups is 1. The molecule has 0 bridgehead atoms. The van der Waals surface area contributed by atoms with Gasteiger partial charge >= 0.3 is 0 Å². The van der Waals surface area contributed by atoms with E-state index in [9.17, 15) is 9.59 Å². The number of imide groups is 1. The highest BCUT2D eigenvalue weighted by Gasteiger charge is 2.40. The lowest BCUT2D eigenvalue weighted by molar-refractivity contribution is -0.119. The van der Waals surface area contributed by atoms with Gasteiger partial charge in [-0.15, -0.1) is 11.8 Å². The Morgan fingerprint density at radius 3 is 2.19 bits per heavy atom. The summed E-state index contributed by atoms with van der Waals surface area (Å²) in [5.41, 5.74) is 2.92. The summed E-state index contributed by atoms with van der Waals surface area (Å²) in [6.45, 7) is 2.10. The van der Waals surface area contributed by atoms with Gasteiger partial charge in [0.2, 0.25) is 0 Å². The minimum Gasteiger partial charge on any atom is -0.468 e. The molecule has 0 radical (unpaired) electrons. The molecule has 2 amide bonds.